The Morgan fingerprint density at radius 1 is 0.600 bits per heavy atom. The van der Waals surface area contributed by atoms with Crippen molar-refractivity contribution in [3.05, 3.63) is 0 Å². The highest BCUT2D eigenvalue weighted by molar-refractivity contribution is 7.46. The molecule has 1 aliphatic rings. The minimum Gasteiger partial charge on any atom is -0.387 e. The SMILES string of the molecule is O=P(O)(O)OC1C(O)[C@@H](OP(=O)(O)O)[C@@H](O)C(O)[C@@H]1O. The van der Waals surface area contributed by atoms with Gasteiger partial charge in [-0.15, -0.1) is 0 Å². The van der Waals surface area contributed by atoms with E-state index in [-0.39, 0.29) is 0 Å². The lowest BCUT2D eigenvalue weighted by atomic mass is 9.85. The third kappa shape index (κ3) is 4.53. The van der Waals surface area contributed by atoms with Crippen LogP contribution in [0.2, 0.25) is 0 Å². The van der Waals surface area contributed by atoms with E-state index in [1.807, 2.05) is 0 Å². The fourth-order valence-corrected chi connectivity index (χ4v) is 2.88. The van der Waals surface area contributed by atoms with E-state index in [9.17, 15) is 29.6 Å². The highest BCUT2D eigenvalue weighted by atomic mass is 31.2. The fraction of sp³-hybridized carbons (Fsp3) is 1.00. The zero-order valence-corrected chi connectivity index (χ0v) is 11.4. The molecule has 14 heteroatoms. The lowest BCUT2D eigenvalue weighted by Crippen LogP contribution is -2.64. The second-order valence-corrected chi connectivity index (χ2v) is 6.47. The lowest BCUT2D eigenvalue weighted by Gasteiger charge is -2.42. The van der Waals surface area contributed by atoms with Crippen LogP contribution in [0.5, 0.6) is 0 Å². The Hall–Kier alpha value is 0.0600. The molecule has 1 aliphatic carbocycles. The van der Waals surface area contributed by atoms with Gasteiger partial charge in [-0.05, 0) is 0 Å². The molecule has 8 N–H and O–H groups in total. The first-order valence-corrected chi connectivity index (χ1v) is 8.10. The van der Waals surface area contributed by atoms with Crippen molar-refractivity contribution >= 4 is 15.6 Å². The van der Waals surface area contributed by atoms with Crippen molar-refractivity contribution in [2.75, 3.05) is 0 Å². The number of aliphatic hydroxyl groups excluding tert-OH is 4. The molecule has 0 aromatic carbocycles. The summed E-state index contributed by atoms with van der Waals surface area (Å²) in [5.41, 5.74) is 0. The van der Waals surface area contributed by atoms with Crippen LogP contribution >= 0.6 is 15.6 Å². The number of rotatable bonds is 4. The zero-order valence-electron chi connectivity index (χ0n) is 9.57. The summed E-state index contributed by atoms with van der Waals surface area (Å²) >= 11 is 0. The van der Waals surface area contributed by atoms with Gasteiger partial charge < -0.3 is 40.0 Å². The zero-order chi connectivity index (χ0) is 15.9. The molecular weight excluding hydrogens is 326 g/mol. The van der Waals surface area contributed by atoms with Crippen LogP contribution in [0.15, 0.2) is 0 Å². The lowest BCUT2D eigenvalue weighted by molar-refractivity contribution is -0.215. The van der Waals surface area contributed by atoms with Gasteiger partial charge >= 0.3 is 15.6 Å². The Kier molecular flexibility index (Phi) is 5.48. The van der Waals surface area contributed by atoms with Crippen molar-refractivity contribution in [3.63, 3.8) is 0 Å². The van der Waals surface area contributed by atoms with Crippen LogP contribution < -0.4 is 0 Å². The van der Waals surface area contributed by atoms with Crippen molar-refractivity contribution < 1.29 is 58.2 Å². The van der Waals surface area contributed by atoms with Crippen molar-refractivity contribution in [2.45, 2.75) is 36.6 Å². The molecule has 0 radical (unpaired) electrons. The average Bonchev–Trinajstić information content (AvgIpc) is 2.25. The number of hydrogen-bond donors (Lipinski definition) is 8. The third-order valence-corrected chi connectivity index (χ3v) is 3.60. The molecule has 6 atom stereocenters. The van der Waals surface area contributed by atoms with Gasteiger partial charge in [-0.25, -0.2) is 9.13 Å². The van der Waals surface area contributed by atoms with Gasteiger partial charge in [0.1, 0.15) is 36.6 Å². The van der Waals surface area contributed by atoms with E-state index in [1.165, 1.54) is 0 Å². The molecule has 1 rings (SSSR count). The summed E-state index contributed by atoms with van der Waals surface area (Å²) in [6.45, 7) is 0. The molecular formula is C6H14O12P2. The highest BCUT2D eigenvalue weighted by Crippen LogP contribution is 2.45. The van der Waals surface area contributed by atoms with Crippen LogP contribution in [0, 0.1) is 0 Å². The van der Waals surface area contributed by atoms with E-state index < -0.39 is 52.3 Å². The van der Waals surface area contributed by atoms with Crippen LogP contribution in [-0.2, 0) is 18.2 Å². The summed E-state index contributed by atoms with van der Waals surface area (Å²) in [6, 6.07) is 0. The standard InChI is InChI=1S/C6H14O12P2/c7-1-2(8)5(17-19(11,12)13)4(10)6(3(1)9)18-20(14,15)16/h1-10H,(H2,11,12,13)(H2,14,15,16)/t1?,2-,3-,4?,5-,6?/m0/s1. The van der Waals surface area contributed by atoms with E-state index in [2.05, 4.69) is 9.05 Å². The summed E-state index contributed by atoms with van der Waals surface area (Å²) in [7, 11) is -10.4. The van der Waals surface area contributed by atoms with Crippen molar-refractivity contribution in [3.8, 4) is 0 Å². The second-order valence-electron chi connectivity index (χ2n) is 4.08. The molecule has 0 aliphatic heterocycles. The van der Waals surface area contributed by atoms with Gasteiger partial charge in [0.2, 0.25) is 0 Å². The van der Waals surface area contributed by atoms with Crippen LogP contribution in [0.4, 0.5) is 0 Å². The maximum Gasteiger partial charge on any atom is 0.470 e. The van der Waals surface area contributed by atoms with Crippen LogP contribution in [0.25, 0.3) is 0 Å². The van der Waals surface area contributed by atoms with Crippen LogP contribution in [0.1, 0.15) is 0 Å². The van der Waals surface area contributed by atoms with E-state index >= 15 is 0 Å². The monoisotopic (exact) mass is 340 g/mol. The Bertz CT molecular complexity index is 390. The summed E-state index contributed by atoms with van der Waals surface area (Å²) < 4.78 is 29.4. The minimum atomic E-state index is -5.20. The molecule has 0 aromatic heterocycles. The van der Waals surface area contributed by atoms with Gasteiger partial charge in [0.25, 0.3) is 0 Å². The van der Waals surface area contributed by atoms with Gasteiger partial charge in [-0.2, -0.15) is 0 Å². The molecule has 1 saturated carbocycles. The Balaban J connectivity index is 3.02. The molecule has 0 saturated heterocycles. The van der Waals surface area contributed by atoms with Gasteiger partial charge in [0.05, 0.1) is 0 Å². The number of aliphatic hydroxyl groups is 4. The molecule has 0 amide bonds. The molecule has 12 nitrogen and oxygen atoms in total. The fourth-order valence-electron chi connectivity index (χ4n) is 1.75. The minimum absolute atomic E-state index is 2.12. The summed E-state index contributed by atoms with van der Waals surface area (Å²) in [5.74, 6) is 0. The van der Waals surface area contributed by atoms with Crippen molar-refractivity contribution in [2.24, 2.45) is 0 Å². The quantitative estimate of drug-likeness (QED) is 0.233. The van der Waals surface area contributed by atoms with Gasteiger partial charge in [0.15, 0.2) is 0 Å². The maximum atomic E-state index is 10.7. The summed E-state index contributed by atoms with van der Waals surface area (Å²) in [6.07, 6.45) is -12.8. The molecule has 0 heterocycles. The highest BCUT2D eigenvalue weighted by Gasteiger charge is 2.53. The summed E-state index contributed by atoms with van der Waals surface area (Å²) in [5, 5.41) is 38.0. The molecule has 20 heavy (non-hydrogen) atoms. The van der Waals surface area contributed by atoms with Crippen molar-refractivity contribution in [1.82, 2.24) is 0 Å². The number of phosphoric ester groups is 2. The first kappa shape index (κ1) is 18.1. The van der Waals surface area contributed by atoms with E-state index in [1.54, 1.807) is 0 Å². The smallest absolute Gasteiger partial charge is 0.387 e. The Labute approximate surface area is 111 Å². The first-order valence-electron chi connectivity index (χ1n) is 5.03. The largest absolute Gasteiger partial charge is 0.470 e. The molecule has 3 unspecified atom stereocenters. The summed E-state index contributed by atoms with van der Waals surface area (Å²) in [4.78, 5) is 34.4. The molecule has 0 bridgehead atoms. The Morgan fingerprint density at radius 2 is 0.900 bits per heavy atom. The Morgan fingerprint density at radius 3 is 1.15 bits per heavy atom. The predicted molar refractivity (Wildman–Crippen MR) is 57.9 cm³/mol. The molecule has 120 valence electrons. The van der Waals surface area contributed by atoms with Crippen molar-refractivity contribution in [1.29, 1.82) is 0 Å². The van der Waals surface area contributed by atoms with Gasteiger partial charge in [-0.3, -0.25) is 9.05 Å². The molecule has 0 aromatic rings. The number of phosphoric acid groups is 2. The number of hydrogen-bond acceptors (Lipinski definition) is 8. The van der Waals surface area contributed by atoms with Crippen LogP contribution in [0.3, 0.4) is 0 Å². The second kappa shape index (κ2) is 6.05. The topological polar surface area (TPSA) is 214 Å². The van der Waals surface area contributed by atoms with E-state index in [4.69, 9.17) is 19.6 Å². The average molecular weight is 340 g/mol. The van der Waals surface area contributed by atoms with Gasteiger partial charge in [0, 0.05) is 0 Å². The van der Waals surface area contributed by atoms with E-state index in [0.717, 1.165) is 0 Å². The first-order chi connectivity index (χ1) is 8.83. The molecule has 0 spiro atoms. The van der Waals surface area contributed by atoms with Crippen LogP contribution in [-0.4, -0.2) is 76.6 Å². The predicted octanol–water partition coefficient (Wildman–Crippen LogP) is -3.60. The maximum absolute atomic E-state index is 10.7. The molecule has 1 fully saturated rings. The van der Waals surface area contributed by atoms with E-state index in [0.29, 0.717) is 0 Å². The normalized spacial score (nSPS) is 39.8. The van der Waals surface area contributed by atoms with Gasteiger partial charge in [-0.1, -0.05) is 0 Å². The third-order valence-electron chi connectivity index (χ3n) is 2.56.